The van der Waals surface area contributed by atoms with Gasteiger partial charge in [-0.15, -0.1) is 0 Å². The van der Waals surface area contributed by atoms with Gasteiger partial charge in [-0.3, -0.25) is 4.79 Å². The highest BCUT2D eigenvalue weighted by Gasteiger charge is 2.39. The molecule has 1 fully saturated rings. The Morgan fingerprint density at radius 2 is 1.68 bits per heavy atom. The minimum atomic E-state index is -1.27. The maximum Gasteiger partial charge on any atom is 0.350 e. The van der Waals surface area contributed by atoms with Gasteiger partial charge in [-0.05, 0) is 17.9 Å². The van der Waals surface area contributed by atoms with Crippen LogP contribution in [0.2, 0.25) is 0 Å². The number of ether oxygens (including phenoxy) is 2. The summed E-state index contributed by atoms with van der Waals surface area (Å²) in [6, 6.07) is 9.76. The topological polar surface area (TPSA) is 81.7 Å². The zero-order valence-corrected chi connectivity index (χ0v) is 14.1. The third kappa shape index (κ3) is 3.96. The molecule has 6 nitrogen and oxygen atoms in total. The standard InChI is InChI=1S/C19H19NO5/c1-19(2)24-17(22)16(18(23)25-19)11-20-14-8-13(9-15(21)10-14)12-6-4-3-5-7-12/h3-7,10-11,13,20H,8-9H2,1-2H3. The van der Waals surface area contributed by atoms with Crippen LogP contribution in [0.25, 0.3) is 0 Å². The zero-order chi connectivity index (χ0) is 18.0. The third-order valence-electron chi connectivity index (χ3n) is 4.04. The number of esters is 2. The van der Waals surface area contributed by atoms with Gasteiger partial charge in [-0.25, -0.2) is 9.59 Å². The molecular weight excluding hydrogens is 322 g/mol. The van der Waals surface area contributed by atoms with Crippen LogP contribution in [0.15, 0.2) is 53.9 Å². The number of rotatable bonds is 3. The lowest BCUT2D eigenvalue weighted by atomic mass is 9.85. The largest absolute Gasteiger partial charge is 0.419 e. The summed E-state index contributed by atoms with van der Waals surface area (Å²) in [5, 5.41) is 2.89. The lowest BCUT2D eigenvalue weighted by Crippen LogP contribution is -2.42. The van der Waals surface area contributed by atoms with Crippen molar-refractivity contribution in [2.24, 2.45) is 0 Å². The normalized spacial score (nSPS) is 22.6. The summed E-state index contributed by atoms with van der Waals surface area (Å²) in [7, 11) is 0. The summed E-state index contributed by atoms with van der Waals surface area (Å²) in [6.07, 6.45) is 3.78. The van der Waals surface area contributed by atoms with Gasteiger partial charge < -0.3 is 14.8 Å². The van der Waals surface area contributed by atoms with Crippen molar-refractivity contribution in [1.29, 1.82) is 0 Å². The Morgan fingerprint density at radius 3 is 2.32 bits per heavy atom. The SMILES string of the molecule is CC1(C)OC(=O)C(=CNC2=CC(=O)CC(c3ccccc3)C2)C(=O)O1. The lowest BCUT2D eigenvalue weighted by Gasteiger charge is -2.30. The van der Waals surface area contributed by atoms with Crippen LogP contribution in [0, 0.1) is 0 Å². The Labute approximate surface area is 145 Å². The fourth-order valence-corrected chi connectivity index (χ4v) is 2.90. The van der Waals surface area contributed by atoms with Gasteiger partial charge in [0, 0.05) is 38.2 Å². The van der Waals surface area contributed by atoms with E-state index in [1.807, 2.05) is 30.3 Å². The van der Waals surface area contributed by atoms with E-state index in [0.29, 0.717) is 18.5 Å². The lowest BCUT2D eigenvalue weighted by molar-refractivity contribution is -0.222. The van der Waals surface area contributed by atoms with Crippen molar-refractivity contribution >= 4 is 17.7 Å². The van der Waals surface area contributed by atoms with Crippen molar-refractivity contribution in [1.82, 2.24) is 5.32 Å². The molecule has 0 bridgehead atoms. The number of nitrogens with one attached hydrogen (secondary N) is 1. The molecule has 25 heavy (non-hydrogen) atoms. The van der Waals surface area contributed by atoms with E-state index in [0.717, 1.165) is 5.56 Å². The van der Waals surface area contributed by atoms with Gasteiger partial charge in [0.15, 0.2) is 11.4 Å². The highest BCUT2D eigenvalue weighted by Crippen LogP contribution is 2.30. The van der Waals surface area contributed by atoms with Crippen molar-refractivity contribution in [2.45, 2.75) is 38.4 Å². The van der Waals surface area contributed by atoms with Crippen LogP contribution in [-0.2, 0) is 23.9 Å². The second-order valence-electron chi connectivity index (χ2n) is 6.53. The molecule has 0 aromatic heterocycles. The van der Waals surface area contributed by atoms with Crippen LogP contribution in [0.1, 0.15) is 38.2 Å². The fraction of sp³-hybridized carbons (Fsp3) is 0.316. The van der Waals surface area contributed by atoms with Crippen LogP contribution in [0.4, 0.5) is 0 Å². The van der Waals surface area contributed by atoms with Crippen molar-refractivity contribution in [2.75, 3.05) is 0 Å². The average Bonchev–Trinajstić information content (AvgIpc) is 2.53. The molecule has 130 valence electrons. The first-order chi connectivity index (χ1) is 11.8. The van der Waals surface area contributed by atoms with Crippen LogP contribution in [0.5, 0.6) is 0 Å². The highest BCUT2D eigenvalue weighted by atomic mass is 16.7. The van der Waals surface area contributed by atoms with Crippen LogP contribution < -0.4 is 5.32 Å². The molecule has 1 atom stereocenters. The molecule has 0 radical (unpaired) electrons. The summed E-state index contributed by atoms with van der Waals surface area (Å²) < 4.78 is 10.1. The zero-order valence-electron chi connectivity index (χ0n) is 14.1. The molecule has 0 amide bonds. The number of carbonyl (C=O) groups excluding carboxylic acids is 3. The van der Waals surface area contributed by atoms with E-state index < -0.39 is 17.7 Å². The van der Waals surface area contributed by atoms with Crippen LogP contribution in [0.3, 0.4) is 0 Å². The molecule has 1 aliphatic heterocycles. The molecule has 0 spiro atoms. The summed E-state index contributed by atoms with van der Waals surface area (Å²) in [6.45, 7) is 2.97. The number of benzene rings is 1. The maximum absolute atomic E-state index is 12.0. The first kappa shape index (κ1) is 17.0. The molecule has 1 unspecified atom stereocenters. The van der Waals surface area contributed by atoms with Gasteiger partial charge in [0.1, 0.15) is 0 Å². The summed E-state index contributed by atoms with van der Waals surface area (Å²) in [5.41, 5.74) is 1.49. The molecule has 1 aliphatic carbocycles. The van der Waals surface area contributed by atoms with E-state index >= 15 is 0 Å². The Morgan fingerprint density at radius 1 is 1.04 bits per heavy atom. The second kappa shape index (κ2) is 6.55. The average molecular weight is 341 g/mol. The van der Waals surface area contributed by atoms with E-state index in [-0.39, 0.29) is 17.3 Å². The maximum atomic E-state index is 12.0. The number of hydrogen-bond donors (Lipinski definition) is 1. The van der Waals surface area contributed by atoms with Gasteiger partial charge >= 0.3 is 11.9 Å². The molecule has 1 saturated heterocycles. The summed E-state index contributed by atoms with van der Waals surface area (Å²) in [4.78, 5) is 35.9. The van der Waals surface area contributed by atoms with E-state index in [9.17, 15) is 14.4 Å². The van der Waals surface area contributed by atoms with E-state index in [1.54, 1.807) is 0 Å². The summed E-state index contributed by atoms with van der Waals surface area (Å²) >= 11 is 0. The smallest absolute Gasteiger partial charge is 0.350 e. The Bertz CT molecular complexity index is 754. The van der Waals surface area contributed by atoms with Crippen molar-refractivity contribution in [3.8, 4) is 0 Å². The number of allylic oxidation sites excluding steroid dienone is 2. The Balaban J connectivity index is 1.73. The Kier molecular flexibility index (Phi) is 4.44. The van der Waals surface area contributed by atoms with Gasteiger partial charge in [-0.1, -0.05) is 30.3 Å². The fourth-order valence-electron chi connectivity index (χ4n) is 2.90. The van der Waals surface area contributed by atoms with Crippen molar-refractivity contribution in [3.05, 3.63) is 59.4 Å². The van der Waals surface area contributed by atoms with Crippen molar-refractivity contribution in [3.63, 3.8) is 0 Å². The minimum absolute atomic E-state index is 0.00377. The van der Waals surface area contributed by atoms with E-state index in [1.165, 1.54) is 26.1 Å². The molecule has 2 aliphatic rings. The number of hydrogen-bond acceptors (Lipinski definition) is 6. The third-order valence-corrected chi connectivity index (χ3v) is 4.04. The van der Waals surface area contributed by atoms with Crippen LogP contribution >= 0.6 is 0 Å². The van der Waals surface area contributed by atoms with E-state index in [2.05, 4.69) is 5.32 Å². The first-order valence-electron chi connectivity index (χ1n) is 8.06. The molecule has 3 rings (SSSR count). The van der Waals surface area contributed by atoms with Crippen LogP contribution in [-0.4, -0.2) is 23.5 Å². The monoisotopic (exact) mass is 341 g/mol. The Hall–Kier alpha value is -2.89. The van der Waals surface area contributed by atoms with Gasteiger partial charge in [0.25, 0.3) is 5.79 Å². The predicted molar refractivity (Wildman–Crippen MR) is 89.0 cm³/mol. The van der Waals surface area contributed by atoms with Crippen molar-refractivity contribution < 1.29 is 23.9 Å². The number of carbonyl (C=O) groups is 3. The molecule has 1 aromatic rings. The number of ketones is 1. The molecular formula is C19H19NO5. The first-order valence-corrected chi connectivity index (χ1v) is 8.06. The molecule has 6 heteroatoms. The second-order valence-corrected chi connectivity index (χ2v) is 6.53. The summed E-state index contributed by atoms with van der Waals surface area (Å²) in [5.74, 6) is -2.73. The quantitative estimate of drug-likeness (QED) is 0.516. The van der Waals surface area contributed by atoms with Gasteiger partial charge in [0.2, 0.25) is 0 Å². The molecule has 1 aromatic carbocycles. The minimum Gasteiger partial charge on any atom is -0.419 e. The molecule has 1 heterocycles. The number of cyclic esters (lactones) is 2. The van der Waals surface area contributed by atoms with Gasteiger partial charge in [-0.2, -0.15) is 0 Å². The highest BCUT2D eigenvalue weighted by molar-refractivity contribution is 6.15. The van der Waals surface area contributed by atoms with E-state index in [4.69, 9.17) is 9.47 Å². The molecule has 1 N–H and O–H groups in total. The predicted octanol–water partition coefficient (Wildman–Crippen LogP) is 2.33. The van der Waals surface area contributed by atoms with Gasteiger partial charge in [0.05, 0.1) is 0 Å². The molecule has 0 saturated carbocycles.